The molecular weight excluding hydrogens is 352 g/mol. The van der Waals surface area contributed by atoms with Gasteiger partial charge >= 0.3 is 0 Å². The van der Waals surface area contributed by atoms with Crippen molar-refractivity contribution >= 4 is 5.69 Å². The first kappa shape index (κ1) is 18.7. The van der Waals surface area contributed by atoms with E-state index in [1.54, 1.807) is 6.20 Å². The van der Waals surface area contributed by atoms with Gasteiger partial charge < -0.3 is 9.42 Å². The molecule has 2 aromatic heterocycles. The fraction of sp³-hybridized carbons (Fsp3) is 0.476. The van der Waals surface area contributed by atoms with E-state index in [0.717, 1.165) is 62.7 Å². The first-order valence-electron chi connectivity index (χ1n) is 10.1. The SMILES string of the molecule is CCCc1noc(CN(C)C2CCN(c3cccc(-c4ccn[nH]4)c3)CC2)n1. The van der Waals surface area contributed by atoms with Crippen LogP contribution >= 0.6 is 0 Å². The summed E-state index contributed by atoms with van der Waals surface area (Å²) in [4.78, 5) is 9.31. The van der Waals surface area contributed by atoms with Gasteiger partial charge in [0.05, 0.1) is 12.2 Å². The highest BCUT2D eigenvalue weighted by Crippen LogP contribution is 2.26. The Hall–Kier alpha value is -2.67. The number of aryl methyl sites for hydroxylation is 1. The Morgan fingerprint density at radius 3 is 2.86 bits per heavy atom. The van der Waals surface area contributed by atoms with Crippen LogP contribution in [0.25, 0.3) is 11.3 Å². The number of aromatic amines is 1. The minimum Gasteiger partial charge on any atom is -0.371 e. The fourth-order valence-corrected chi connectivity index (χ4v) is 3.87. The van der Waals surface area contributed by atoms with Crippen LogP contribution in [0.2, 0.25) is 0 Å². The highest BCUT2D eigenvalue weighted by atomic mass is 16.5. The Morgan fingerprint density at radius 2 is 2.11 bits per heavy atom. The molecule has 7 nitrogen and oxygen atoms in total. The molecule has 1 aliphatic heterocycles. The highest BCUT2D eigenvalue weighted by molar-refractivity contribution is 5.65. The Kier molecular flexibility index (Phi) is 5.71. The van der Waals surface area contributed by atoms with E-state index in [0.29, 0.717) is 6.04 Å². The fourth-order valence-electron chi connectivity index (χ4n) is 3.87. The van der Waals surface area contributed by atoms with Crippen LogP contribution < -0.4 is 4.90 Å². The number of nitrogens with one attached hydrogen (secondary N) is 1. The van der Waals surface area contributed by atoms with E-state index in [-0.39, 0.29) is 0 Å². The number of nitrogens with zero attached hydrogens (tertiary/aromatic N) is 5. The normalized spacial score (nSPS) is 15.5. The van der Waals surface area contributed by atoms with Gasteiger partial charge in [0.15, 0.2) is 5.82 Å². The van der Waals surface area contributed by atoms with Crippen molar-refractivity contribution in [3.63, 3.8) is 0 Å². The van der Waals surface area contributed by atoms with Gasteiger partial charge in [-0.25, -0.2) is 0 Å². The zero-order valence-electron chi connectivity index (χ0n) is 16.6. The Balaban J connectivity index is 1.33. The average molecular weight is 380 g/mol. The first-order chi connectivity index (χ1) is 13.7. The molecule has 3 heterocycles. The topological polar surface area (TPSA) is 74.1 Å². The molecule has 0 radical (unpaired) electrons. The number of H-pyrrole nitrogens is 1. The maximum absolute atomic E-state index is 5.40. The summed E-state index contributed by atoms with van der Waals surface area (Å²) in [6.45, 7) is 4.94. The molecule has 148 valence electrons. The van der Waals surface area contributed by atoms with Gasteiger partial charge in [-0.05, 0) is 44.5 Å². The molecule has 0 unspecified atom stereocenters. The van der Waals surface area contributed by atoms with Crippen molar-refractivity contribution in [2.75, 3.05) is 25.0 Å². The zero-order valence-corrected chi connectivity index (χ0v) is 16.6. The summed E-state index contributed by atoms with van der Waals surface area (Å²) in [6.07, 6.45) is 5.96. The molecule has 0 amide bonds. The van der Waals surface area contributed by atoms with E-state index < -0.39 is 0 Å². The van der Waals surface area contributed by atoms with Crippen molar-refractivity contribution in [1.82, 2.24) is 25.2 Å². The van der Waals surface area contributed by atoms with Gasteiger partial charge in [-0.3, -0.25) is 10.00 Å². The summed E-state index contributed by atoms with van der Waals surface area (Å²) in [5.41, 5.74) is 3.50. The number of hydrogen-bond acceptors (Lipinski definition) is 6. The van der Waals surface area contributed by atoms with E-state index in [1.807, 2.05) is 6.07 Å². The van der Waals surface area contributed by atoms with Crippen LogP contribution in [0, 0.1) is 0 Å². The molecule has 4 rings (SSSR count). The van der Waals surface area contributed by atoms with Gasteiger partial charge in [0.2, 0.25) is 5.89 Å². The Bertz CT molecular complexity index is 867. The van der Waals surface area contributed by atoms with Crippen molar-refractivity contribution in [2.24, 2.45) is 0 Å². The van der Waals surface area contributed by atoms with Crippen molar-refractivity contribution in [3.8, 4) is 11.3 Å². The molecule has 0 bridgehead atoms. The molecular formula is C21H28N6O. The predicted octanol–water partition coefficient (Wildman–Crippen LogP) is 3.51. The quantitative estimate of drug-likeness (QED) is 0.676. The third-order valence-electron chi connectivity index (χ3n) is 5.48. The van der Waals surface area contributed by atoms with E-state index in [1.165, 1.54) is 11.3 Å². The van der Waals surface area contributed by atoms with Gasteiger partial charge in [-0.1, -0.05) is 24.2 Å². The van der Waals surface area contributed by atoms with Crippen molar-refractivity contribution in [1.29, 1.82) is 0 Å². The van der Waals surface area contributed by atoms with Gasteiger partial charge in [0, 0.05) is 43.0 Å². The van der Waals surface area contributed by atoms with Crippen molar-refractivity contribution < 1.29 is 4.52 Å². The molecule has 0 saturated carbocycles. The van der Waals surface area contributed by atoms with Crippen LogP contribution in [0.5, 0.6) is 0 Å². The molecule has 1 aromatic carbocycles. The zero-order chi connectivity index (χ0) is 19.3. The lowest BCUT2D eigenvalue weighted by molar-refractivity contribution is 0.177. The van der Waals surface area contributed by atoms with Crippen molar-refractivity contribution in [3.05, 3.63) is 48.2 Å². The third-order valence-corrected chi connectivity index (χ3v) is 5.48. The number of hydrogen-bond donors (Lipinski definition) is 1. The molecule has 3 aromatic rings. The van der Waals surface area contributed by atoms with Crippen LogP contribution in [0.1, 0.15) is 37.9 Å². The van der Waals surface area contributed by atoms with E-state index in [4.69, 9.17) is 4.52 Å². The molecule has 1 aliphatic rings. The standard InChI is InChI=1S/C21H28N6O/c1-3-5-20-23-21(28-25-20)15-26(2)17-9-12-27(13-10-17)18-7-4-6-16(14-18)19-8-11-22-24-19/h4,6-8,11,14,17H,3,5,9-10,12-13,15H2,1-2H3,(H,22,24). The molecule has 1 N–H and O–H groups in total. The minimum atomic E-state index is 0.536. The first-order valence-corrected chi connectivity index (χ1v) is 10.1. The molecule has 1 fully saturated rings. The summed E-state index contributed by atoms with van der Waals surface area (Å²) in [5, 5.41) is 11.2. The third kappa shape index (κ3) is 4.25. The predicted molar refractivity (Wildman–Crippen MR) is 109 cm³/mol. The largest absolute Gasteiger partial charge is 0.371 e. The molecule has 0 aliphatic carbocycles. The van der Waals surface area contributed by atoms with Gasteiger partial charge in [0.1, 0.15) is 0 Å². The van der Waals surface area contributed by atoms with E-state index in [9.17, 15) is 0 Å². The summed E-state index contributed by atoms with van der Waals surface area (Å²) in [5.74, 6) is 1.54. The molecule has 28 heavy (non-hydrogen) atoms. The molecule has 0 atom stereocenters. The second-order valence-corrected chi connectivity index (χ2v) is 7.51. The molecule has 1 saturated heterocycles. The van der Waals surface area contributed by atoms with Gasteiger partial charge in [-0.2, -0.15) is 10.1 Å². The van der Waals surface area contributed by atoms with Crippen LogP contribution in [0.4, 0.5) is 5.69 Å². The average Bonchev–Trinajstić information content (AvgIpc) is 3.41. The van der Waals surface area contributed by atoms with Crippen LogP contribution in [0.3, 0.4) is 0 Å². The maximum Gasteiger partial charge on any atom is 0.240 e. The molecule has 7 heteroatoms. The van der Waals surface area contributed by atoms with Crippen LogP contribution in [0.15, 0.2) is 41.1 Å². The van der Waals surface area contributed by atoms with E-state index >= 15 is 0 Å². The summed E-state index contributed by atoms with van der Waals surface area (Å²) in [7, 11) is 2.16. The Morgan fingerprint density at radius 1 is 1.25 bits per heavy atom. The summed E-state index contributed by atoms with van der Waals surface area (Å²) in [6, 6.07) is 11.2. The monoisotopic (exact) mass is 380 g/mol. The summed E-state index contributed by atoms with van der Waals surface area (Å²) < 4.78 is 5.40. The second kappa shape index (κ2) is 8.56. The number of piperidine rings is 1. The Labute approximate surface area is 165 Å². The maximum atomic E-state index is 5.40. The smallest absolute Gasteiger partial charge is 0.240 e. The van der Waals surface area contributed by atoms with Crippen molar-refractivity contribution in [2.45, 2.75) is 45.2 Å². The van der Waals surface area contributed by atoms with Gasteiger partial charge in [0.25, 0.3) is 0 Å². The lowest BCUT2D eigenvalue weighted by Gasteiger charge is -2.37. The lowest BCUT2D eigenvalue weighted by Crippen LogP contribution is -2.43. The summed E-state index contributed by atoms with van der Waals surface area (Å²) >= 11 is 0. The highest BCUT2D eigenvalue weighted by Gasteiger charge is 2.24. The van der Waals surface area contributed by atoms with E-state index in [2.05, 4.69) is 68.4 Å². The number of rotatable bonds is 7. The number of benzene rings is 1. The number of anilines is 1. The molecule has 0 spiro atoms. The number of aromatic nitrogens is 4. The van der Waals surface area contributed by atoms with Crippen LogP contribution in [-0.4, -0.2) is 51.4 Å². The second-order valence-electron chi connectivity index (χ2n) is 7.51. The minimum absolute atomic E-state index is 0.536. The van der Waals surface area contributed by atoms with Gasteiger partial charge in [-0.15, -0.1) is 0 Å². The van der Waals surface area contributed by atoms with Crippen LogP contribution in [-0.2, 0) is 13.0 Å². The lowest BCUT2D eigenvalue weighted by atomic mass is 10.0.